The van der Waals surface area contributed by atoms with Crippen molar-refractivity contribution in [2.75, 3.05) is 26.3 Å². The van der Waals surface area contributed by atoms with Gasteiger partial charge < -0.3 is 15.2 Å². The summed E-state index contributed by atoms with van der Waals surface area (Å²) in [6, 6.07) is 14.9. The molecule has 2 fully saturated rings. The number of morpholine rings is 1. The fraction of sp³-hybridized carbons (Fsp3) is 0.375. The van der Waals surface area contributed by atoms with Crippen LogP contribution in [0.25, 0.3) is 21.9 Å². The molecular weight excluding hydrogens is 396 g/mol. The van der Waals surface area contributed by atoms with Gasteiger partial charge in [0, 0.05) is 37.3 Å². The maximum Gasteiger partial charge on any atom is 0.251 e. The van der Waals surface area contributed by atoms with Crippen LogP contribution in [-0.2, 0) is 4.74 Å². The Morgan fingerprint density at radius 2 is 2.00 bits per heavy atom. The topological polar surface area (TPSA) is 61.8 Å². The molecule has 5 nitrogen and oxygen atoms in total. The van der Waals surface area contributed by atoms with E-state index in [0.29, 0.717) is 24.6 Å². The highest BCUT2D eigenvalue weighted by Crippen LogP contribution is 2.27. The van der Waals surface area contributed by atoms with Crippen LogP contribution in [0.3, 0.4) is 0 Å². The number of thiophene rings is 1. The Labute approximate surface area is 180 Å². The van der Waals surface area contributed by atoms with Gasteiger partial charge in [0.05, 0.1) is 12.7 Å². The number of ether oxygens (including phenoxy) is 1. The molecule has 5 rings (SSSR count). The molecule has 0 aliphatic carbocycles. The van der Waals surface area contributed by atoms with Gasteiger partial charge in [-0.1, -0.05) is 18.2 Å². The Morgan fingerprint density at radius 3 is 2.83 bits per heavy atom. The maximum atomic E-state index is 12.9. The van der Waals surface area contributed by atoms with E-state index in [9.17, 15) is 4.79 Å². The fourth-order valence-electron chi connectivity index (χ4n) is 4.63. The van der Waals surface area contributed by atoms with Crippen molar-refractivity contribution in [1.29, 1.82) is 0 Å². The molecule has 2 saturated heterocycles. The Morgan fingerprint density at radius 1 is 1.13 bits per heavy atom. The number of aliphatic hydroxyl groups excluding tert-OH is 1. The lowest BCUT2D eigenvalue weighted by Crippen LogP contribution is -2.46. The maximum absolute atomic E-state index is 12.9. The van der Waals surface area contributed by atoms with Crippen LogP contribution in [0, 0.1) is 0 Å². The van der Waals surface area contributed by atoms with Gasteiger partial charge >= 0.3 is 0 Å². The predicted molar refractivity (Wildman–Crippen MR) is 120 cm³/mol. The van der Waals surface area contributed by atoms with E-state index < -0.39 is 0 Å². The van der Waals surface area contributed by atoms with Crippen molar-refractivity contribution in [1.82, 2.24) is 10.2 Å². The van der Waals surface area contributed by atoms with Crippen LogP contribution in [0.1, 0.15) is 23.2 Å². The lowest BCUT2D eigenvalue weighted by atomic mass is 10.0. The highest BCUT2D eigenvalue weighted by atomic mass is 32.1. The average molecular weight is 423 g/mol. The second kappa shape index (κ2) is 8.47. The van der Waals surface area contributed by atoms with Crippen molar-refractivity contribution in [3.05, 3.63) is 58.8 Å². The quantitative estimate of drug-likeness (QED) is 0.661. The van der Waals surface area contributed by atoms with Gasteiger partial charge in [-0.3, -0.25) is 9.69 Å². The molecular formula is C24H26N2O3S. The van der Waals surface area contributed by atoms with Gasteiger partial charge in [0.1, 0.15) is 0 Å². The number of carbonyl (C=O) groups excluding carboxylic acids is 1. The largest absolute Gasteiger partial charge is 0.396 e. The number of nitrogens with zero attached hydrogens (tertiary/aromatic N) is 1. The van der Waals surface area contributed by atoms with E-state index in [0.717, 1.165) is 30.3 Å². The van der Waals surface area contributed by atoms with Gasteiger partial charge in [-0.2, -0.15) is 11.3 Å². The third-order valence-electron chi connectivity index (χ3n) is 6.23. The first-order valence-corrected chi connectivity index (χ1v) is 11.5. The smallest absolute Gasteiger partial charge is 0.251 e. The zero-order chi connectivity index (χ0) is 20.5. The number of fused-ring (bicyclic) bond motifs is 2. The molecule has 2 aliphatic heterocycles. The molecule has 0 saturated carbocycles. The summed E-state index contributed by atoms with van der Waals surface area (Å²) in [6.45, 7) is 2.51. The lowest BCUT2D eigenvalue weighted by Gasteiger charge is -2.34. The minimum Gasteiger partial charge on any atom is -0.396 e. The molecule has 156 valence electrons. The number of rotatable bonds is 5. The van der Waals surface area contributed by atoms with Crippen LogP contribution in [0.5, 0.6) is 0 Å². The summed E-state index contributed by atoms with van der Waals surface area (Å²) >= 11 is 1.70. The Hall–Kier alpha value is -2.25. The first-order chi connectivity index (χ1) is 14.7. The van der Waals surface area contributed by atoms with Crippen molar-refractivity contribution in [3.8, 4) is 11.1 Å². The van der Waals surface area contributed by atoms with Crippen LogP contribution in [0.4, 0.5) is 0 Å². The van der Waals surface area contributed by atoms with E-state index in [2.05, 4.69) is 45.2 Å². The zero-order valence-electron chi connectivity index (χ0n) is 16.8. The Bertz CT molecular complexity index is 1040. The fourth-order valence-corrected chi connectivity index (χ4v) is 5.29. The van der Waals surface area contributed by atoms with Gasteiger partial charge in [-0.15, -0.1) is 0 Å². The second-order valence-electron chi connectivity index (χ2n) is 8.27. The minimum absolute atomic E-state index is 0.0171. The van der Waals surface area contributed by atoms with Crippen LogP contribution in [0.15, 0.2) is 53.2 Å². The summed E-state index contributed by atoms with van der Waals surface area (Å²) in [6.07, 6.45) is 1.68. The van der Waals surface area contributed by atoms with Gasteiger partial charge in [0.15, 0.2) is 0 Å². The molecule has 6 heteroatoms. The van der Waals surface area contributed by atoms with Crippen LogP contribution < -0.4 is 5.32 Å². The highest BCUT2D eigenvalue weighted by Gasteiger charge is 2.37. The summed E-state index contributed by atoms with van der Waals surface area (Å²) in [7, 11) is 0. The Kier molecular flexibility index (Phi) is 5.56. The van der Waals surface area contributed by atoms with E-state index in [-0.39, 0.29) is 24.7 Å². The van der Waals surface area contributed by atoms with E-state index in [1.165, 1.54) is 11.1 Å². The summed E-state index contributed by atoms with van der Waals surface area (Å²) in [5.41, 5.74) is 3.13. The van der Waals surface area contributed by atoms with Crippen LogP contribution in [-0.4, -0.2) is 60.4 Å². The standard InChI is InChI=1S/C24H26N2O3S/c27-7-5-23-13-26-12-21(11-22(26)14-29-23)25-24(28)19-4-3-16-9-18(2-1-17(16)10-19)20-6-8-30-15-20/h1-4,6,8-10,15,21-23,27H,5,7,11-14H2,(H,25,28)/t21-,22-,23-/m0/s1. The molecule has 2 aromatic carbocycles. The second-order valence-corrected chi connectivity index (χ2v) is 9.05. The van der Waals surface area contributed by atoms with Gasteiger partial charge in [0.25, 0.3) is 5.91 Å². The number of hydrogen-bond donors (Lipinski definition) is 2. The number of aliphatic hydroxyl groups is 1. The van der Waals surface area contributed by atoms with E-state index >= 15 is 0 Å². The number of nitrogens with one attached hydrogen (secondary N) is 1. The normalized spacial score (nSPS) is 24.1. The number of benzene rings is 2. The van der Waals surface area contributed by atoms with Gasteiger partial charge in [0.2, 0.25) is 0 Å². The van der Waals surface area contributed by atoms with Crippen LogP contribution >= 0.6 is 11.3 Å². The van der Waals surface area contributed by atoms with Gasteiger partial charge in [-0.05, 0) is 69.8 Å². The summed E-state index contributed by atoms with van der Waals surface area (Å²) in [5.74, 6) is -0.0171. The van der Waals surface area contributed by atoms with E-state index in [1.54, 1.807) is 11.3 Å². The third-order valence-corrected chi connectivity index (χ3v) is 6.92. The van der Waals surface area contributed by atoms with Crippen molar-refractivity contribution < 1.29 is 14.6 Å². The van der Waals surface area contributed by atoms with Gasteiger partial charge in [-0.25, -0.2) is 0 Å². The molecule has 3 atom stereocenters. The summed E-state index contributed by atoms with van der Waals surface area (Å²) < 4.78 is 5.84. The molecule has 0 unspecified atom stereocenters. The molecule has 3 aromatic rings. The molecule has 30 heavy (non-hydrogen) atoms. The molecule has 0 radical (unpaired) electrons. The number of hydrogen-bond acceptors (Lipinski definition) is 5. The van der Waals surface area contributed by atoms with Crippen molar-refractivity contribution in [2.45, 2.75) is 31.0 Å². The van der Waals surface area contributed by atoms with Crippen molar-refractivity contribution >= 4 is 28.0 Å². The van der Waals surface area contributed by atoms with Crippen molar-refractivity contribution in [3.63, 3.8) is 0 Å². The average Bonchev–Trinajstić information content (AvgIpc) is 3.42. The zero-order valence-corrected chi connectivity index (χ0v) is 17.6. The molecule has 3 heterocycles. The molecule has 2 aliphatic rings. The molecule has 0 spiro atoms. The monoisotopic (exact) mass is 422 g/mol. The summed E-state index contributed by atoms with van der Waals surface area (Å²) in [5, 5.41) is 18.8. The number of amides is 1. The molecule has 0 bridgehead atoms. The predicted octanol–water partition coefficient (Wildman–Crippen LogP) is 3.52. The number of carbonyl (C=O) groups is 1. The summed E-state index contributed by atoms with van der Waals surface area (Å²) in [4.78, 5) is 15.3. The lowest BCUT2D eigenvalue weighted by molar-refractivity contribution is -0.0566. The minimum atomic E-state index is -0.0171. The third kappa shape index (κ3) is 4.01. The molecule has 1 amide bonds. The first-order valence-electron chi connectivity index (χ1n) is 10.5. The Balaban J connectivity index is 1.26. The highest BCUT2D eigenvalue weighted by molar-refractivity contribution is 7.08. The first kappa shape index (κ1) is 19.7. The van der Waals surface area contributed by atoms with Crippen LogP contribution in [0.2, 0.25) is 0 Å². The van der Waals surface area contributed by atoms with E-state index in [4.69, 9.17) is 9.84 Å². The van der Waals surface area contributed by atoms with E-state index in [1.807, 2.05) is 18.2 Å². The van der Waals surface area contributed by atoms with Crippen molar-refractivity contribution in [2.24, 2.45) is 0 Å². The SMILES string of the molecule is O=C(N[C@H]1C[C@H]2CO[C@@H](CCO)CN2C1)c1ccc2cc(-c3ccsc3)ccc2c1. The molecule has 1 aromatic heterocycles. The molecule has 2 N–H and O–H groups in total.